The summed E-state index contributed by atoms with van der Waals surface area (Å²) in [7, 11) is -3.43. The molecule has 0 aliphatic carbocycles. The van der Waals surface area contributed by atoms with Crippen LogP contribution in [0.4, 0.5) is 0 Å². The van der Waals surface area contributed by atoms with Crippen molar-refractivity contribution in [3.8, 4) is 0 Å². The van der Waals surface area contributed by atoms with E-state index >= 15 is 0 Å². The van der Waals surface area contributed by atoms with Crippen LogP contribution < -0.4 is 10.6 Å². The summed E-state index contributed by atoms with van der Waals surface area (Å²) in [5, 5.41) is 6.25. The summed E-state index contributed by atoms with van der Waals surface area (Å²) < 4.78 is 28.5. The van der Waals surface area contributed by atoms with E-state index in [0.717, 1.165) is 37.2 Å². The number of carbonyl (C=O) groups excluding carboxylic acids is 1. The van der Waals surface area contributed by atoms with Crippen LogP contribution in [0.2, 0.25) is 0 Å². The predicted molar refractivity (Wildman–Crippen MR) is 104 cm³/mol. The first-order valence-electron chi connectivity index (χ1n) is 9.47. The van der Waals surface area contributed by atoms with Gasteiger partial charge in [0, 0.05) is 36.5 Å². The first-order valence-corrected chi connectivity index (χ1v) is 11.7. The average Bonchev–Trinajstić information content (AvgIpc) is 3.11. The second-order valence-electron chi connectivity index (χ2n) is 7.63. The SMILES string of the molecule is CC(C)CC(=O)NCCc1ccc(S(=O)(=O)N2C3CCNCC2CC3)s1. The van der Waals surface area contributed by atoms with Crippen LogP contribution in [0.15, 0.2) is 16.3 Å². The largest absolute Gasteiger partial charge is 0.356 e. The smallest absolute Gasteiger partial charge is 0.253 e. The molecule has 1 aromatic rings. The van der Waals surface area contributed by atoms with Crippen molar-refractivity contribution >= 4 is 27.3 Å². The number of thiophene rings is 1. The number of hydrogen-bond acceptors (Lipinski definition) is 5. The van der Waals surface area contributed by atoms with Crippen molar-refractivity contribution in [1.82, 2.24) is 14.9 Å². The molecular weight excluding hydrogens is 370 g/mol. The van der Waals surface area contributed by atoms with Gasteiger partial charge in [-0.3, -0.25) is 4.79 Å². The van der Waals surface area contributed by atoms with E-state index in [2.05, 4.69) is 10.6 Å². The molecule has 2 saturated heterocycles. The quantitative estimate of drug-likeness (QED) is 0.735. The molecule has 8 heteroatoms. The lowest BCUT2D eigenvalue weighted by molar-refractivity contribution is -0.121. The average molecular weight is 400 g/mol. The van der Waals surface area contributed by atoms with Gasteiger partial charge in [0.25, 0.3) is 10.0 Å². The van der Waals surface area contributed by atoms with Crippen LogP contribution in [-0.4, -0.2) is 50.3 Å². The molecule has 0 radical (unpaired) electrons. The molecule has 0 spiro atoms. The van der Waals surface area contributed by atoms with Crippen molar-refractivity contribution in [1.29, 1.82) is 0 Å². The van der Waals surface area contributed by atoms with Crippen LogP contribution in [0.5, 0.6) is 0 Å². The van der Waals surface area contributed by atoms with Gasteiger partial charge in [-0.1, -0.05) is 13.8 Å². The molecule has 2 unspecified atom stereocenters. The standard InChI is InChI=1S/C18H29N3O3S2/c1-13(2)11-17(22)20-10-8-16-5-6-18(25-16)26(23,24)21-14-3-4-15(21)12-19-9-7-14/h5-6,13-15,19H,3-4,7-12H2,1-2H3,(H,20,22). The predicted octanol–water partition coefficient (Wildman–Crippen LogP) is 1.97. The molecule has 2 atom stereocenters. The molecule has 0 aromatic carbocycles. The first kappa shape index (κ1) is 19.8. The van der Waals surface area contributed by atoms with E-state index in [-0.39, 0.29) is 18.0 Å². The summed E-state index contributed by atoms with van der Waals surface area (Å²) >= 11 is 1.34. The van der Waals surface area contributed by atoms with Gasteiger partial charge in [-0.15, -0.1) is 11.3 Å². The number of amides is 1. The fraction of sp³-hybridized carbons (Fsp3) is 0.722. The lowest BCUT2D eigenvalue weighted by atomic mass is 10.1. The molecule has 2 aliphatic rings. The molecule has 2 N–H and O–H groups in total. The van der Waals surface area contributed by atoms with E-state index < -0.39 is 10.0 Å². The Morgan fingerprint density at radius 1 is 1.31 bits per heavy atom. The molecule has 26 heavy (non-hydrogen) atoms. The van der Waals surface area contributed by atoms with Crippen molar-refractivity contribution in [2.75, 3.05) is 19.6 Å². The second kappa shape index (κ2) is 8.37. The zero-order chi connectivity index (χ0) is 18.7. The van der Waals surface area contributed by atoms with Crippen LogP contribution >= 0.6 is 11.3 Å². The number of nitrogens with zero attached hydrogens (tertiary/aromatic N) is 1. The highest BCUT2D eigenvalue weighted by Crippen LogP contribution is 2.35. The summed E-state index contributed by atoms with van der Waals surface area (Å²) in [4.78, 5) is 12.7. The first-order chi connectivity index (χ1) is 12.4. The molecule has 3 rings (SSSR count). The molecule has 2 aliphatic heterocycles. The summed E-state index contributed by atoms with van der Waals surface area (Å²) in [5.74, 6) is 0.394. The third kappa shape index (κ3) is 4.47. The molecule has 3 heterocycles. The van der Waals surface area contributed by atoms with Gasteiger partial charge < -0.3 is 10.6 Å². The lowest BCUT2D eigenvalue weighted by Gasteiger charge is -2.26. The van der Waals surface area contributed by atoms with Gasteiger partial charge in [0.1, 0.15) is 4.21 Å². The lowest BCUT2D eigenvalue weighted by Crippen LogP contribution is -2.42. The Kier molecular flexibility index (Phi) is 6.37. The number of carbonyl (C=O) groups is 1. The van der Waals surface area contributed by atoms with Crippen LogP contribution in [-0.2, 0) is 21.2 Å². The molecule has 0 saturated carbocycles. The van der Waals surface area contributed by atoms with Crippen LogP contribution in [0.3, 0.4) is 0 Å². The van der Waals surface area contributed by atoms with Crippen molar-refractivity contribution < 1.29 is 13.2 Å². The van der Waals surface area contributed by atoms with Crippen molar-refractivity contribution in [2.24, 2.45) is 5.92 Å². The fourth-order valence-corrected chi connectivity index (χ4v) is 7.19. The fourth-order valence-electron chi connectivity index (χ4n) is 3.83. The molecular formula is C18H29N3O3S2. The Morgan fingerprint density at radius 3 is 2.85 bits per heavy atom. The van der Waals surface area contributed by atoms with Crippen LogP contribution in [0, 0.1) is 5.92 Å². The topological polar surface area (TPSA) is 78.5 Å². The third-order valence-electron chi connectivity index (χ3n) is 5.04. The number of nitrogens with one attached hydrogen (secondary N) is 2. The van der Waals surface area contributed by atoms with Crippen molar-refractivity contribution in [2.45, 2.75) is 62.2 Å². The summed E-state index contributed by atoms with van der Waals surface area (Å²) in [6.45, 7) is 6.21. The minimum atomic E-state index is -3.43. The third-order valence-corrected chi connectivity index (χ3v) is 8.66. The molecule has 1 aromatic heterocycles. The van der Waals surface area contributed by atoms with Crippen molar-refractivity contribution in [3.05, 3.63) is 17.0 Å². The van der Waals surface area contributed by atoms with Gasteiger partial charge >= 0.3 is 0 Å². The minimum Gasteiger partial charge on any atom is -0.356 e. The van der Waals surface area contributed by atoms with Gasteiger partial charge in [0.05, 0.1) is 0 Å². The van der Waals surface area contributed by atoms with Gasteiger partial charge in [-0.2, -0.15) is 4.31 Å². The highest BCUT2D eigenvalue weighted by Gasteiger charge is 2.43. The maximum absolute atomic E-state index is 13.2. The Balaban J connectivity index is 1.62. The van der Waals surface area contributed by atoms with E-state index in [0.29, 0.717) is 29.5 Å². The highest BCUT2D eigenvalue weighted by molar-refractivity contribution is 7.91. The summed E-state index contributed by atoms with van der Waals surface area (Å²) in [6, 6.07) is 3.81. The van der Waals surface area contributed by atoms with E-state index in [1.807, 2.05) is 19.9 Å². The molecule has 146 valence electrons. The van der Waals surface area contributed by atoms with Gasteiger partial charge in [-0.25, -0.2) is 8.42 Å². The van der Waals surface area contributed by atoms with E-state index in [4.69, 9.17) is 0 Å². The molecule has 1 amide bonds. The Morgan fingerprint density at radius 2 is 2.08 bits per heavy atom. The van der Waals surface area contributed by atoms with E-state index in [9.17, 15) is 13.2 Å². The zero-order valence-corrected chi connectivity index (χ0v) is 17.2. The molecule has 6 nitrogen and oxygen atoms in total. The summed E-state index contributed by atoms with van der Waals surface area (Å²) in [6.07, 6.45) is 3.98. The number of fused-ring (bicyclic) bond motifs is 2. The highest BCUT2D eigenvalue weighted by atomic mass is 32.2. The zero-order valence-electron chi connectivity index (χ0n) is 15.5. The second-order valence-corrected chi connectivity index (χ2v) is 10.9. The number of sulfonamides is 1. The number of rotatable bonds is 7. The Hall–Kier alpha value is -0.960. The van der Waals surface area contributed by atoms with E-state index in [1.165, 1.54) is 11.3 Å². The minimum absolute atomic E-state index is 0.0537. The van der Waals surface area contributed by atoms with E-state index in [1.54, 1.807) is 10.4 Å². The van der Waals surface area contributed by atoms with Crippen LogP contribution in [0.1, 0.15) is 44.4 Å². The van der Waals surface area contributed by atoms with Gasteiger partial charge in [0.2, 0.25) is 5.91 Å². The van der Waals surface area contributed by atoms with Gasteiger partial charge in [0.15, 0.2) is 0 Å². The van der Waals surface area contributed by atoms with Gasteiger partial charge in [-0.05, 0) is 50.3 Å². The Labute approximate surface area is 160 Å². The maximum Gasteiger partial charge on any atom is 0.253 e. The van der Waals surface area contributed by atoms with Crippen LogP contribution in [0.25, 0.3) is 0 Å². The monoisotopic (exact) mass is 399 g/mol. The van der Waals surface area contributed by atoms with Crippen molar-refractivity contribution in [3.63, 3.8) is 0 Å². The molecule has 2 bridgehead atoms. The molecule has 2 fully saturated rings. The summed E-state index contributed by atoms with van der Waals surface area (Å²) in [5.41, 5.74) is 0. The number of hydrogen-bond donors (Lipinski definition) is 2. The Bertz CT molecular complexity index is 716. The normalized spacial score (nSPS) is 24.0. The maximum atomic E-state index is 13.2.